The van der Waals surface area contributed by atoms with E-state index in [-0.39, 0.29) is 17.8 Å². The Bertz CT molecular complexity index is 165. The molecule has 1 saturated carbocycles. The maximum atomic E-state index is 9.51. The minimum atomic E-state index is -0.193. The van der Waals surface area contributed by atoms with Crippen molar-refractivity contribution in [1.82, 2.24) is 0 Å². The summed E-state index contributed by atoms with van der Waals surface area (Å²) in [6.45, 7) is 4.27. The van der Waals surface area contributed by atoms with Gasteiger partial charge in [-0.1, -0.05) is 0 Å². The van der Waals surface area contributed by atoms with Crippen molar-refractivity contribution < 1.29 is 9.84 Å². The van der Waals surface area contributed by atoms with Crippen molar-refractivity contribution in [3.8, 4) is 0 Å². The summed E-state index contributed by atoms with van der Waals surface area (Å²) in [4.78, 5) is 0. The van der Waals surface area contributed by atoms with Crippen LogP contribution in [0.4, 0.5) is 0 Å². The second-order valence-corrected chi connectivity index (χ2v) is 4.34. The Balaban J connectivity index is 2.16. The van der Waals surface area contributed by atoms with Gasteiger partial charge in [0.2, 0.25) is 0 Å². The smallest absolute Gasteiger partial charge is 0.0841 e. The van der Waals surface area contributed by atoms with Crippen LogP contribution in [0.2, 0.25) is 0 Å². The highest BCUT2D eigenvalue weighted by Crippen LogP contribution is 2.43. The molecule has 0 aromatic carbocycles. The second kappa shape index (κ2) is 2.20. The largest absolute Gasteiger partial charge is 0.390 e. The van der Waals surface area contributed by atoms with Crippen LogP contribution >= 0.6 is 0 Å². The molecule has 2 heterocycles. The Hall–Kier alpha value is -0.0800. The van der Waals surface area contributed by atoms with Gasteiger partial charge in [-0.2, -0.15) is 0 Å². The lowest BCUT2D eigenvalue weighted by atomic mass is 9.73. The fraction of sp³-hybridized carbons (Fsp3) is 1.00. The number of hydrogen-bond donors (Lipinski definition) is 1. The summed E-state index contributed by atoms with van der Waals surface area (Å²) >= 11 is 0. The van der Waals surface area contributed by atoms with Crippen molar-refractivity contribution in [1.29, 1.82) is 0 Å². The summed E-state index contributed by atoms with van der Waals surface area (Å²) in [6, 6.07) is 0. The van der Waals surface area contributed by atoms with Crippen LogP contribution in [0.25, 0.3) is 0 Å². The third-order valence-corrected chi connectivity index (χ3v) is 3.19. The Morgan fingerprint density at radius 3 is 2.36 bits per heavy atom. The minimum Gasteiger partial charge on any atom is -0.390 e. The van der Waals surface area contributed by atoms with E-state index in [0.29, 0.717) is 5.92 Å². The number of aliphatic hydroxyl groups is 1. The summed E-state index contributed by atoms with van der Waals surface area (Å²) in [6.07, 6.45) is 3.15. The van der Waals surface area contributed by atoms with Crippen molar-refractivity contribution in [2.75, 3.05) is 0 Å². The molecule has 2 heteroatoms. The van der Waals surface area contributed by atoms with Gasteiger partial charge < -0.3 is 9.84 Å². The van der Waals surface area contributed by atoms with E-state index in [9.17, 15) is 5.11 Å². The number of fused-ring (bicyclic) bond motifs is 3. The summed E-state index contributed by atoms with van der Waals surface area (Å²) in [5, 5.41) is 9.51. The molecule has 0 radical (unpaired) electrons. The predicted molar refractivity (Wildman–Crippen MR) is 42.3 cm³/mol. The van der Waals surface area contributed by atoms with Gasteiger partial charge in [0.1, 0.15) is 0 Å². The highest BCUT2D eigenvalue weighted by molar-refractivity contribution is 4.95. The van der Waals surface area contributed by atoms with Crippen LogP contribution in [-0.2, 0) is 4.74 Å². The van der Waals surface area contributed by atoms with E-state index in [1.165, 1.54) is 6.42 Å². The van der Waals surface area contributed by atoms with E-state index in [1.807, 2.05) is 0 Å². The molecule has 0 spiro atoms. The first-order valence-corrected chi connectivity index (χ1v) is 4.45. The van der Waals surface area contributed by atoms with Gasteiger partial charge in [-0.05, 0) is 39.0 Å². The molecule has 64 valence electrons. The van der Waals surface area contributed by atoms with E-state index in [0.717, 1.165) is 12.8 Å². The van der Waals surface area contributed by atoms with Crippen LogP contribution in [0.1, 0.15) is 33.1 Å². The van der Waals surface area contributed by atoms with Crippen LogP contribution in [0.15, 0.2) is 0 Å². The summed E-state index contributed by atoms with van der Waals surface area (Å²) in [5.74, 6) is 0.572. The van der Waals surface area contributed by atoms with E-state index in [4.69, 9.17) is 4.74 Å². The molecule has 0 amide bonds. The van der Waals surface area contributed by atoms with Crippen molar-refractivity contribution >= 4 is 0 Å². The van der Waals surface area contributed by atoms with Crippen molar-refractivity contribution in [3.05, 3.63) is 0 Å². The van der Waals surface area contributed by atoms with Gasteiger partial charge in [0.15, 0.2) is 0 Å². The van der Waals surface area contributed by atoms with Gasteiger partial charge >= 0.3 is 0 Å². The van der Waals surface area contributed by atoms with Gasteiger partial charge in [0, 0.05) is 0 Å². The molecule has 3 aliphatic rings. The molecular weight excluding hydrogens is 140 g/mol. The predicted octanol–water partition coefficient (Wildman–Crippen LogP) is 1.32. The number of aliphatic hydroxyl groups excluding tert-OH is 1. The first-order valence-electron chi connectivity index (χ1n) is 4.45. The highest BCUT2D eigenvalue weighted by atomic mass is 16.5. The van der Waals surface area contributed by atoms with Gasteiger partial charge in [0.05, 0.1) is 17.8 Å². The third kappa shape index (κ3) is 1.09. The molecule has 1 N–H and O–H groups in total. The minimum absolute atomic E-state index is 0.0160. The second-order valence-electron chi connectivity index (χ2n) is 4.34. The zero-order chi connectivity index (χ0) is 8.06. The molecule has 0 aromatic heterocycles. The van der Waals surface area contributed by atoms with Gasteiger partial charge in [-0.15, -0.1) is 0 Å². The molecule has 2 aliphatic heterocycles. The summed E-state index contributed by atoms with van der Waals surface area (Å²) in [5.41, 5.74) is 0.0160. The van der Waals surface area contributed by atoms with Crippen LogP contribution in [0, 0.1) is 5.92 Å². The molecule has 2 nitrogen and oxygen atoms in total. The Kier molecular flexibility index (Phi) is 1.52. The average molecular weight is 156 g/mol. The Morgan fingerprint density at radius 1 is 1.36 bits per heavy atom. The molecule has 11 heavy (non-hydrogen) atoms. The van der Waals surface area contributed by atoms with Crippen LogP contribution < -0.4 is 0 Å². The Labute approximate surface area is 67.6 Å². The maximum Gasteiger partial charge on any atom is 0.0841 e. The van der Waals surface area contributed by atoms with Gasteiger partial charge in [-0.25, -0.2) is 0 Å². The fourth-order valence-electron chi connectivity index (χ4n) is 2.37. The van der Waals surface area contributed by atoms with Gasteiger partial charge in [-0.3, -0.25) is 0 Å². The van der Waals surface area contributed by atoms with E-state index in [2.05, 4.69) is 13.8 Å². The fourth-order valence-corrected chi connectivity index (χ4v) is 2.37. The van der Waals surface area contributed by atoms with Crippen molar-refractivity contribution in [2.24, 2.45) is 5.92 Å². The number of rotatable bonds is 0. The first kappa shape index (κ1) is 7.56. The van der Waals surface area contributed by atoms with Crippen LogP contribution in [-0.4, -0.2) is 22.9 Å². The monoisotopic (exact) mass is 156 g/mol. The zero-order valence-corrected chi connectivity index (χ0v) is 7.21. The molecule has 3 atom stereocenters. The van der Waals surface area contributed by atoms with Crippen LogP contribution in [0.3, 0.4) is 0 Å². The molecular formula is C9H16O2. The van der Waals surface area contributed by atoms with Gasteiger partial charge in [0.25, 0.3) is 0 Å². The average Bonchev–Trinajstić information content (AvgIpc) is 1.90. The molecule has 0 unspecified atom stereocenters. The SMILES string of the molecule is CC1(C)O[C@H]2CC[C@H]1C[C@@H]2O. The summed E-state index contributed by atoms with van der Waals surface area (Å²) in [7, 11) is 0. The van der Waals surface area contributed by atoms with E-state index in [1.54, 1.807) is 0 Å². The lowest BCUT2D eigenvalue weighted by Gasteiger charge is -2.50. The third-order valence-electron chi connectivity index (χ3n) is 3.19. The molecule has 3 rings (SSSR count). The quantitative estimate of drug-likeness (QED) is 0.573. The zero-order valence-electron chi connectivity index (χ0n) is 7.21. The molecule has 2 saturated heterocycles. The standard InChI is InChI=1S/C9H16O2/c1-9(2)6-3-4-8(11-9)7(10)5-6/h6-8,10H,3-5H2,1-2H3/t6-,7-,8-/m0/s1. The number of hydrogen-bond acceptors (Lipinski definition) is 2. The lowest BCUT2D eigenvalue weighted by molar-refractivity contribution is -0.221. The lowest BCUT2D eigenvalue weighted by Crippen LogP contribution is -2.54. The van der Waals surface area contributed by atoms with E-state index < -0.39 is 0 Å². The number of ether oxygens (including phenoxy) is 1. The van der Waals surface area contributed by atoms with Crippen LogP contribution in [0.5, 0.6) is 0 Å². The molecule has 3 fully saturated rings. The Morgan fingerprint density at radius 2 is 2.09 bits per heavy atom. The van der Waals surface area contributed by atoms with Crippen molar-refractivity contribution in [3.63, 3.8) is 0 Å². The van der Waals surface area contributed by atoms with Crippen molar-refractivity contribution in [2.45, 2.75) is 50.9 Å². The topological polar surface area (TPSA) is 29.5 Å². The highest BCUT2D eigenvalue weighted by Gasteiger charge is 2.46. The maximum absolute atomic E-state index is 9.51. The van der Waals surface area contributed by atoms with E-state index >= 15 is 0 Å². The molecule has 0 aromatic rings. The molecule has 1 aliphatic carbocycles. The summed E-state index contributed by atoms with van der Waals surface area (Å²) < 4.78 is 5.73. The first-order chi connectivity index (χ1) is 5.09. The normalized spacial score (nSPS) is 47.7. The molecule has 2 bridgehead atoms.